The second kappa shape index (κ2) is 6.80. The van der Waals surface area contributed by atoms with Crippen LogP contribution in [0.3, 0.4) is 0 Å². The molecule has 0 aliphatic heterocycles. The van der Waals surface area contributed by atoms with Crippen molar-refractivity contribution >= 4 is 11.8 Å². The molecule has 144 valence electrons. The van der Waals surface area contributed by atoms with Gasteiger partial charge in [-0.2, -0.15) is 26.3 Å². The molecule has 0 aliphatic rings. The number of aromatic nitrogens is 2. The molecule has 0 radical (unpaired) electrons. The molecule has 0 aliphatic carbocycles. The molecule has 10 heteroatoms. The molecule has 0 atom stereocenters. The average Bonchev–Trinajstić information content (AvgIpc) is 2.97. The lowest BCUT2D eigenvalue weighted by Crippen LogP contribution is -2.54. The number of nitrogens with one attached hydrogen (secondary N) is 1. The van der Waals surface area contributed by atoms with E-state index in [2.05, 4.69) is 9.97 Å². The zero-order chi connectivity index (χ0) is 19.9. The topological polar surface area (TPSA) is 48.9 Å². The predicted octanol–water partition coefficient (Wildman–Crippen LogP) is 5.23. The van der Waals surface area contributed by atoms with Crippen molar-refractivity contribution in [3.8, 4) is 11.3 Å². The molecule has 1 aromatic carbocycles. The number of benzene rings is 1. The summed E-state index contributed by atoms with van der Waals surface area (Å²) in [6, 6.07) is 6.50. The van der Waals surface area contributed by atoms with Gasteiger partial charge in [0, 0.05) is 4.90 Å². The van der Waals surface area contributed by atoms with E-state index in [9.17, 15) is 31.4 Å². The Labute approximate surface area is 149 Å². The van der Waals surface area contributed by atoms with Crippen molar-refractivity contribution in [3.63, 3.8) is 0 Å². The minimum absolute atomic E-state index is 0.00354. The van der Waals surface area contributed by atoms with E-state index in [1.165, 1.54) is 11.8 Å². The maximum Gasteiger partial charge on any atom is 0.433 e. The highest BCUT2D eigenvalue weighted by Crippen LogP contribution is 2.49. The highest BCUT2D eigenvalue weighted by Gasteiger charge is 2.73. The fourth-order valence-corrected chi connectivity index (χ4v) is 2.79. The zero-order valence-electron chi connectivity index (χ0n) is 14.0. The van der Waals surface area contributed by atoms with Gasteiger partial charge in [-0.3, -0.25) is 0 Å². The number of nitrogens with zero attached hydrogens (tertiary/aromatic N) is 1. The number of aromatic amines is 1. The van der Waals surface area contributed by atoms with Gasteiger partial charge in [-0.15, -0.1) is 11.8 Å². The number of imidazole rings is 1. The molecular weight excluding hydrogens is 382 g/mol. The van der Waals surface area contributed by atoms with E-state index in [4.69, 9.17) is 0 Å². The van der Waals surface area contributed by atoms with Crippen LogP contribution in [0.5, 0.6) is 0 Å². The highest BCUT2D eigenvalue weighted by molar-refractivity contribution is 7.98. The van der Waals surface area contributed by atoms with Crippen LogP contribution in [0.1, 0.15) is 31.3 Å². The van der Waals surface area contributed by atoms with Crippen LogP contribution in [0.4, 0.5) is 26.3 Å². The number of rotatable bonds is 4. The third-order valence-corrected chi connectivity index (χ3v) is 4.56. The van der Waals surface area contributed by atoms with E-state index >= 15 is 0 Å². The first-order valence-electron chi connectivity index (χ1n) is 7.43. The van der Waals surface area contributed by atoms with Crippen LogP contribution in [0.15, 0.2) is 29.2 Å². The van der Waals surface area contributed by atoms with Gasteiger partial charge < -0.3 is 10.1 Å². The molecule has 26 heavy (non-hydrogen) atoms. The second-order valence-electron chi connectivity index (χ2n) is 5.93. The third-order valence-electron chi connectivity index (χ3n) is 3.82. The van der Waals surface area contributed by atoms with Crippen molar-refractivity contribution in [2.24, 2.45) is 0 Å². The molecule has 0 unspecified atom stereocenters. The zero-order valence-corrected chi connectivity index (χ0v) is 14.8. The molecule has 1 aromatic heterocycles. The SMILES string of the molecule is CSc1ccc(-c2[nH]c(C(O)(C(F)(F)F)C(F)(F)F)nc2C(C)C)cc1. The minimum Gasteiger partial charge on any atom is -0.367 e. The summed E-state index contributed by atoms with van der Waals surface area (Å²) in [6.07, 6.45) is -10.1. The highest BCUT2D eigenvalue weighted by atomic mass is 32.2. The van der Waals surface area contributed by atoms with Crippen LogP contribution >= 0.6 is 11.8 Å². The van der Waals surface area contributed by atoms with E-state index in [1.807, 2.05) is 6.26 Å². The van der Waals surface area contributed by atoms with Gasteiger partial charge in [-0.05, 0) is 29.9 Å². The molecule has 2 aromatic rings. The summed E-state index contributed by atoms with van der Waals surface area (Å²) >= 11 is 1.44. The number of H-pyrrole nitrogens is 1. The fraction of sp³-hybridized carbons (Fsp3) is 0.438. The van der Waals surface area contributed by atoms with E-state index in [0.29, 0.717) is 5.56 Å². The average molecular weight is 398 g/mol. The standard InChI is InChI=1S/C16H16F6N2OS/c1-8(2)11-12(9-4-6-10(26-3)7-5-9)24-13(23-11)14(25,15(17,18)19)16(20,21)22/h4-8,25H,1-3H3,(H,23,24). The van der Waals surface area contributed by atoms with Gasteiger partial charge in [0.2, 0.25) is 0 Å². The lowest BCUT2D eigenvalue weighted by atomic mass is 10.0. The minimum atomic E-state index is -5.99. The van der Waals surface area contributed by atoms with Crippen LogP contribution < -0.4 is 0 Å². The molecular formula is C16H16F6N2OS. The summed E-state index contributed by atoms with van der Waals surface area (Å²) in [6.45, 7) is 3.17. The quantitative estimate of drug-likeness (QED) is 0.547. The van der Waals surface area contributed by atoms with E-state index < -0.39 is 29.7 Å². The monoisotopic (exact) mass is 398 g/mol. The van der Waals surface area contributed by atoms with Crippen molar-refractivity contribution in [3.05, 3.63) is 35.8 Å². The van der Waals surface area contributed by atoms with E-state index in [-0.39, 0.29) is 11.4 Å². The molecule has 2 N–H and O–H groups in total. The summed E-state index contributed by atoms with van der Waals surface area (Å²) in [5, 5.41) is 9.56. The van der Waals surface area contributed by atoms with Gasteiger partial charge in [-0.25, -0.2) is 4.98 Å². The first-order valence-corrected chi connectivity index (χ1v) is 8.66. The van der Waals surface area contributed by atoms with Crippen LogP contribution in [0, 0.1) is 0 Å². The molecule has 0 saturated carbocycles. The Kier molecular flexibility index (Phi) is 5.40. The number of thioether (sulfide) groups is 1. The van der Waals surface area contributed by atoms with E-state index in [1.54, 1.807) is 38.1 Å². The summed E-state index contributed by atoms with van der Waals surface area (Å²) in [5.41, 5.74) is -4.70. The molecule has 3 nitrogen and oxygen atoms in total. The smallest absolute Gasteiger partial charge is 0.367 e. The van der Waals surface area contributed by atoms with Gasteiger partial charge in [-0.1, -0.05) is 26.0 Å². The van der Waals surface area contributed by atoms with Crippen molar-refractivity contribution in [2.45, 2.75) is 42.6 Å². The number of alkyl halides is 6. The summed E-state index contributed by atoms with van der Waals surface area (Å²) in [7, 11) is 0. The van der Waals surface area contributed by atoms with Gasteiger partial charge in [0.05, 0.1) is 11.4 Å². The molecule has 0 fully saturated rings. The van der Waals surface area contributed by atoms with E-state index in [0.717, 1.165) is 4.90 Å². The third kappa shape index (κ3) is 3.44. The van der Waals surface area contributed by atoms with Crippen LogP contribution in [-0.4, -0.2) is 33.7 Å². The molecule has 2 rings (SSSR count). The first kappa shape index (κ1) is 20.6. The lowest BCUT2D eigenvalue weighted by Gasteiger charge is -2.30. The summed E-state index contributed by atoms with van der Waals surface area (Å²) in [5.74, 6) is -2.06. The maximum atomic E-state index is 13.1. The number of aliphatic hydroxyl groups is 1. The Morgan fingerprint density at radius 3 is 1.88 bits per heavy atom. The van der Waals surface area contributed by atoms with Crippen molar-refractivity contribution in [2.75, 3.05) is 6.26 Å². The van der Waals surface area contributed by atoms with Crippen molar-refractivity contribution < 1.29 is 31.4 Å². The Morgan fingerprint density at radius 2 is 1.50 bits per heavy atom. The summed E-state index contributed by atoms with van der Waals surface area (Å²) < 4.78 is 78.6. The van der Waals surface area contributed by atoms with Gasteiger partial charge in [0.15, 0.2) is 5.82 Å². The Hall–Kier alpha value is -1.68. The van der Waals surface area contributed by atoms with Gasteiger partial charge in [0.1, 0.15) is 0 Å². The van der Waals surface area contributed by atoms with Crippen molar-refractivity contribution in [1.29, 1.82) is 0 Å². The number of halogens is 6. The van der Waals surface area contributed by atoms with Crippen LogP contribution in [0.25, 0.3) is 11.3 Å². The molecule has 0 amide bonds. The van der Waals surface area contributed by atoms with Crippen molar-refractivity contribution in [1.82, 2.24) is 9.97 Å². The van der Waals surface area contributed by atoms with Crippen LogP contribution in [0.2, 0.25) is 0 Å². The largest absolute Gasteiger partial charge is 0.433 e. The first-order chi connectivity index (χ1) is 11.8. The summed E-state index contributed by atoms with van der Waals surface area (Å²) in [4.78, 5) is 6.42. The maximum absolute atomic E-state index is 13.1. The lowest BCUT2D eigenvalue weighted by molar-refractivity contribution is -0.378. The molecule has 0 spiro atoms. The second-order valence-corrected chi connectivity index (χ2v) is 6.81. The van der Waals surface area contributed by atoms with Gasteiger partial charge in [0.25, 0.3) is 0 Å². The molecule has 1 heterocycles. The number of hydrogen-bond acceptors (Lipinski definition) is 3. The normalized spacial score (nSPS) is 13.5. The number of hydrogen-bond donors (Lipinski definition) is 2. The fourth-order valence-electron chi connectivity index (χ4n) is 2.38. The Bertz CT molecular complexity index is 751. The Balaban J connectivity index is 2.68. The molecule has 0 bridgehead atoms. The van der Waals surface area contributed by atoms with Gasteiger partial charge >= 0.3 is 18.0 Å². The predicted molar refractivity (Wildman–Crippen MR) is 85.9 cm³/mol. The molecule has 0 saturated heterocycles. The Morgan fingerprint density at radius 1 is 1.00 bits per heavy atom. The van der Waals surface area contributed by atoms with Crippen LogP contribution in [-0.2, 0) is 5.60 Å².